The summed E-state index contributed by atoms with van der Waals surface area (Å²) in [7, 11) is 3.56. The molecule has 1 atom stereocenters. The van der Waals surface area contributed by atoms with Gasteiger partial charge in [-0.2, -0.15) is 0 Å². The molecule has 0 bridgehead atoms. The van der Waals surface area contributed by atoms with Crippen molar-refractivity contribution < 1.29 is 4.74 Å². The third-order valence-corrected chi connectivity index (χ3v) is 2.04. The van der Waals surface area contributed by atoms with E-state index in [1.807, 2.05) is 13.2 Å². The van der Waals surface area contributed by atoms with Gasteiger partial charge in [-0.3, -0.25) is 4.68 Å². The minimum absolute atomic E-state index is 0.154. The summed E-state index contributed by atoms with van der Waals surface area (Å²) >= 11 is 0. The molecule has 1 unspecified atom stereocenters. The topological polar surface area (TPSA) is 66.0 Å². The molecule has 1 rings (SSSR count). The number of aryl methyl sites for hydroxylation is 1. The van der Waals surface area contributed by atoms with Gasteiger partial charge in [-0.25, -0.2) is 0 Å². The normalized spacial score (nSPS) is 13.1. The maximum absolute atomic E-state index is 5.92. The molecule has 1 aromatic rings. The van der Waals surface area contributed by atoms with Crippen molar-refractivity contribution in [2.45, 2.75) is 25.3 Å². The van der Waals surface area contributed by atoms with E-state index in [2.05, 4.69) is 10.3 Å². The van der Waals surface area contributed by atoms with Gasteiger partial charge in [0, 0.05) is 39.4 Å². The first kappa shape index (κ1) is 11.1. The Hall–Kier alpha value is -0.940. The molecule has 0 radical (unpaired) electrons. The Morgan fingerprint density at radius 3 is 3.00 bits per heavy atom. The zero-order valence-electron chi connectivity index (χ0n) is 8.81. The van der Waals surface area contributed by atoms with Crippen LogP contribution in [0.2, 0.25) is 0 Å². The molecule has 0 saturated heterocycles. The Kier molecular flexibility index (Phi) is 4.55. The molecule has 5 nitrogen and oxygen atoms in total. The number of aromatic nitrogens is 3. The molecule has 80 valence electrons. The van der Waals surface area contributed by atoms with Crippen molar-refractivity contribution >= 4 is 0 Å². The largest absolute Gasteiger partial charge is 0.385 e. The molecular weight excluding hydrogens is 180 g/mol. The summed E-state index contributed by atoms with van der Waals surface area (Å²) in [5.41, 5.74) is 6.88. The highest BCUT2D eigenvalue weighted by Crippen LogP contribution is 2.02. The molecule has 0 aromatic carbocycles. The van der Waals surface area contributed by atoms with Crippen LogP contribution in [-0.4, -0.2) is 34.8 Å². The first-order valence-electron chi connectivity index (χ1n) is 4.82. The summed E-state index contributed by atoms with van der Waals surface area (Å²) in [5, 5.41) is 7.84. The monoisotopic (exact) mass is 198 g/mol. The van der Waals surface area contributed by atoms with Crippen LogP contribution in [0.15, 0.2) is 6.20 Å². The second-order valence-corrected chi connectivity index (χ2v) is 3.48. The fraction of sp³-hybridized carbons (Fsp3) is 0.778. The highest BCUT2D eigenvalue weighted by Gasteiger charge is 2.06. The first-order chi connectivity index (χ1) is 6.72. The van der Waals surface area contributed by atoms with Crippen molar-refractivity contribution in [2.75, 3.05) is 13.7 Å². The van der Waals surface area contributed by atoms with Crippen LogP contribution in [0.3, 0.4) is 0 Å². The smallest absolute Gasteiger partial charge is 0.0842 e. The van der Waals surface area contributed by atoms with Gasteiger partial charge in [-0.1, -0.05) is 5.21 Å². The second-order valence-electron chi connectivity index (χ2n) is 3.48. The Morgan fingerprint density at radius 2 is 2.43 bits per heavy atom. The summed E-state index contributed by atoms with van der Waals surface area (Å²) < 4.78 is 6.65. The number of nitrogens with zero attached hydrogens (tertiary/aromatic N) is 3. The molecule has 1 aromatic heterocycles. The lowest BCUT2D eigenvalue weighted by Gasteiger charge is -2.08. The first-order valence-corrected chi connectivity index (χ1v) is 4.82. The number of nitrogens with two attached hydrogens (primary N) is 1. The molecule has 5 heteroatoms. The molecule has 0 amide bonds. The van der Waals surface area contributed by atoms with E-state index in [1.54, 1.807) is 11.8 Å². The van der Waals surface area contributed by atoms with E-state index in [0.717, 1.165) is 31.6 Å². The van der Waals surface area contributed by atoms with Gasteiger partial charge in [0.25, 0.3) is 0 Å². The van der Waals surface area contributed by atoms with Gasteiger partial charge in [0.1, 0.15) is 0 Å². The molecule has 0 aliphatic rings. The Bertz CT molecular complexity index is 261. The van der Waals surface area contributed by atoms with Crippen molar-refractivity contribution in [2.24, 2.45) is 12.8 Å². The van der Waals surface area contributed by atoms with Gasteiger partial charge in [0.05, 0.1) is 5.69 Å². The number of methoxy groups -OCH3 is 1. The highest BCUT2D eigenvalue weighted by atomic mass is 16.5. The SMILES string of the molecule is COCCCC(N)Cc1cn(C)nn1. The zero-order chi connectivity index (χ0) is 10.4. The Labute approximate surface area is 84.2 Å². The molecular formula is C9H18N4O. The van der Waals surface area contributed by atoms with E-state index in [9.17, 15) is 0 Å². The molecule has 0 aliphatic carbocycles. The zero-order valence-corrected chi connectivity index (χ0v) is 8.81. The van der Waals surface area contributed by atoms with Gasteiger partial charge in [-0.15, -0.1) is 5.10 Å². The lowest BCUT2D eigenvalue weighted by molar-refractivity contribution is 0.190. The standard InChI is InChI=1S/C9H18N4O/c1-13-7-9(11-12-13)6-8(10)4-3-5-14-2/h7-8H,3-6,10H2,1-2H3. The number of hydrogen-bond acceptors (Lipinski definition) is 4. The van der Waals surface area contributed by atoms with Gasteiger partial charge >= 0.3 is 0 Å². The minimum Gasteiger partial charge on any atom is -0.385 e. The minimum atomic E-state index is 0.154. The quantitative estimate of drug-likeness (QED) is 0.659. The fourth-order valence-electron chi connectivity index (χ4n) is 1.35. The van der Waals surface area contributed by atoms with Crippen LogP contribution in [0.4, 0.5) is 0 Å². The molecule has 0 spiro atoms. The average molecular weight is 198 g/mol. The van der Waals surface area contributed by atoms with Crippen molar-refractivity contribution in [1.82, 2.24) is 15.0 Å². The van der Waals surface area contributed by atoms with Gasteiger partial charge in [0.2, 0.25) is 0 Å². The van der Waals surface area contributed by atoms with Crippen molar-refractivity contribution in [1.29, 1.82) is 0 Å². The van der Waals surface area contributed by atoms with Crippen molar-refractivity contribution in [3.8, 4) is 0 Å². The van der Waals surface area contributed by atoms with E-state index >= 15 is 0 Å². The summed E-state index contributed by atoms with van der Waals surface area (Å²) in [6.45, 7) is 0.772. The summed E-state index contributed by atoms with van der Waals surface area (Å²) in [4.78, 5) is 0. The average Bonchev–Trinajstić information content (AvgIpc) is 2.52. The molecule has 14 heavy (non-hydrogen) atoms. The predicted octanol–water partition coefficient (Wildman–Crippen LogP) is 0.111. The molecule has 0 saturated carbocycles. The van der Waals surface area contributed by atoms with Crippen LogP contribution in [0, 0.1) is 0 Å². The van der Waals surface area contributed by atoms with E-state index in [4.69, 9.17) is 10.5 Å². The predicted molar refractivity (Wildman–Crippen MR) is 53.8 cm³/mol. The molecule has 0 fully saturated rings. The Balaban J connectivity index is 2.23. The second kappa shape index (κ2) is 5.72. The lowest BCUT2D eigenvalue weighted by Crippen LogP contribution is -2.23. The summed E-state index contributed by atoms with van der Waals surface area (Å²) in [6, 6.07) is 0.154. The van der Waals surface area contributed by atoms with Gasteiger partial charge in [0.15, 0.2) is 0 Å². The van der Waals surface area contributed by atoms with Crippen molar-refractivity contribution in [3.05, 3.63) is 11.9 Å². The van der Waals surface area contributed by atoms with Crippen LogP contribution in [0.5, 0.6) is 0 Å². The van der Waals surface area contributed by atoms with Crippen LogP contribution in [0.1, 0.15) is 18.5 Å². The molecule has 0 aliphatic heterocycles. The van der Waals surface area contributed by atoms with Gasteiger partial charge in [-0.05, 0) is 12.8 Å². The fourth-order valence-corrected chi connectivity index (χ4v) is 1.35. The molecule has 2 N–H and O–H groups in total. The number of hydrogen-bond donors (Lipinski definition) is 1. The van der Waals surface area contributed by atoms with Crippen LogP contribution in [-0.2, 0) is 18.2 Å². The van der Waals surface area contributed by atoms with E-state index < -0.39 is 0 Å². The lowest BCUT2D eigenvalue weighted by atomic mass is 10.1. The maximum atomic E-state index is 5.92. The van der Waals surface area contributed by atoms with Crippen LogP contribution >= 0.6 is 0 Å². The van der Waals surface area contributed by atoms with E-state index in [-0.39, 0.29) is 6.04 Å². The summed E-state index contributed by atoms with van der Waals surface area (Å²) in [5.74, 6) is 0. The highest BCUT2D eigenvalue weighted by molar-refractivity contribution is 4.94. The van der Waals surface area contributed by atoms with E-state index in [0.29, 0.717) is 0 Å². The molecule has 1 heterocycles. The third-order valence-electron chi connectivity index (χ3n) is 2.04. The maximum Gasteiger partial charge on any atom is 0.0842 e. The van der Waals surface area contributed by atoms with E-state index in [1.165, 1.54) is 0 Å². The van der Waals surface area contributed by atoms with Crippen LogP contribution < -0.4 is 5.73 Å². The van der Waals surface area contributed by atoms with Crippen LogP contribution in [0.25, 0.3) is 0 Å². The van der Waals surface area contributed by atoms with Gasteiger partial charge < -0.3 is 10.5 Å². The third kappa shape index (κ3) is 3.85. The summed E-state index contributed by atoms with van der Waals surface area (Å²) in [6.07, 6.45) is 4.65. The number of rotatable bonds is 6. The van der Waals surface area contributed by atoms with Crippen molar-refractivity contribution in [3.63, 3.8) is 0 Å². The number of ether oxygens (including phenoxy) is 1. The Morgan fingerprint density at radius 1 is 1.64 bits per heavy atom.